The molecule has 0 bridgehead atoms. The fourth-order valence-electron chi connectivity index (χ4n) is 2.95. The molecular weight excluding hydrogens is 386 g/mol. The maximum absolute atomic E-state index is 12.6. The number of nitrogens with one attached hydrogen (secondary N) is 1. The molecule has 0 aliphatic rings. The average molecular weight is 418 g/mol. The van der Waals surface area contributed by atoms with Gasteiger partial charge in [-0.1, -0.05) is 52.0 Å². The van der Waals surface area contributed by atoms with Gasteiger partial charge in [0.25, 0.3) is 5.91 Å². The summed E-state index contributed by atoms with van der Waals surface area (Å²) >= 11 is 0. The molecule has 0 unspecified atom stereocenters. The Morgan fingerprint density at radius 3 is 2.03 bits per heavy atom. The Morgan fingerprint density at radius 2 is 1.59 bits per heavy atom. The molecule has 0 radical (unpaired) electrons. The van der Waals surface area contributed by atoms with Crippen molar-refractivity contribution in [3.8, 4) is 5.75 Å². The van der Waals surface area contributed by atoms with Crippen LogP contribution in [0.3, 0.4) is 0 Å². The topological polar surface area (TPSA) is 72.5 Å². The lowest BCUT2D eigenvalue weighted by Gasteiger charge is -2.22. The molecule has 29 heavy (non-hydrogen) atoms. The van der Waals surface area contributed by atoms with Gasteiger partial charge in [-0.3, -0.25) is 4.79 Å². The van der Waals surface area contributed by atoms with E-state index in [1.165, 1.54) is 11.8 Å². The Hall–Kier alpha value is -2.34. The van der Waals surface area contributed by atoms with Gasteiger partial charge in [0.1, 0.15) is 5.75 Å². The molecule has 158 valence electrons. The molecule has 0 aromatic heterocycles. The second-order valence-corrected chi connectivity index (χ2v) is 10.4. The first-order chi connectivity index (χ1) is 13.4. The van der Waals surface area contributed by atoms with Crippen molar-refractivity contribution < 1.29 is 17.9 Å². The van der Waals surface area contributed by atoms with E-state index in [1.54, 1.807) is 31.2 Å². The van der Waals surface area contributed by atoms with Gasteiger partial charge < -0.3 is 10.1 Å². The number of hydrogen-bond acceptors (Lipinski definition) is 4. The molecule has 5 nitrogen and oxygen atoms in total. The maximum atomic E-state index is 12.6. The fourth-order valence-corrected chi connectivity index (χ4v) is 3.58. The molecule has 2 aromatic rings. The van der Waals surface area contributed by atoms with E-state index >= 15 is 0 Å². The summed E-state index contributed by atoms with van der Waals surface area (Å²) < 4.78 is 29.0. The Balaban J connectivity index is 2.03. The molecule has 1 amide bonds. The number of amides is 1. The zero-order valence-electron chi connectivity index (χ0n) is 18.0. The standard InChI is InChI=1S/C23H31NO4S/c1-7-21(17-8-14-20(15-9-17)29(6,26)27)24-22(25)16(2)28-19-12-10-18(11-13-19)23(3,4)5/h8-16,21H,7H2,1-6H3,(H,24,25)/t16-,21+/m0/s1. The number of rotatable bonds is 7. The second kappa shape index (κ2) is 8.99. The monoisotopic (exact) mass is 417 g/mol. The molecule has 2 rings (SSSR count). The smallest absolute Gasteiger partial charge is 0.261 e. The van der Waals surface area contributed by atoms with Gasteiger partial charge in [-0.05, 0) is 54.2 Å². The second-order valence-electron chi connectivity index (χ2n) is 8.35. The van der Waals surface area contributed by atoms with Gasteiger partial charge in [0.05, 0.1) is 10.9 Å². The molecule has 2 atom stereocenters. The van der Waals surface area contributed by atoms with E-state index in [2.05, 4.69) is 26.1 Å². The van der Waals surface area contributed by atoms with Gasteiger partial charge in [0.2, 0.25) is 0 Å². The third-order valence-corrected chi connectivity index (χ3v) is 5.97. The van der Waals surface area contributed by atoms with Crippen molar-refractivity contribution in [1.82, 2.24) is 5.32 Å². The molecule has 0 aliphatic heterocycles. The zero-order chi connectivity index (χ0) is 21.8. The van der Waals surface area contributed by atoms with Crippen molar-refractivity contribution in [2.24, 2.45) is 0 Å². The van der Waals surface area contributed by atoms with Gasteiger partial charge in [-0.2, -0.15) is 0 Å². The lowest BCUT2D eigenvalue weighted by atomic mass is 9.87. The van der Waals surface area contributed by atoms with E-state index < -0.39 is 15.9 Å². The van der Waals surface area contributed by atoms with Crippen molar-refractivity contribution in [2.75, 3.05) is 6.26 Å². The van der Waals surface area contributed by atoms with E-state index in [-0.39, 0.29) is 22.3 Å². The average Bonchev–Trinajstić information content (AvgIpc) is 2.65. The van der Waals surface area contributed by atoms with E-state index in [4.69, 9.17) is 4.74 Å². The molecule has 1 N–H and O–H groups in total. The Kier molecular flexibility index (Phi) is 7.11. The third kappa shape index (κ3) is 6.32. The minimum absolute atomic E-state index is 0.0581. The fraction of sp³-hybridized carbons (Fsp3) is 0.435. The highest BCUT2D eigenvalue weighted by molar-refractivity contribution is 7.90. The van der Waals surface area contributed by atoms with Crippen LogP contribution >= 0.6 is 0 Å². The summed E-state index contributed by atoms with van der Waals surface area (Å²) in [5.41, 5.74) is 2.11. The van der Waals surface area contributed by atoms with Crippen LogP contribution in [-0.2, 0) is 20.0 Å². The Labute approximate surface area is 174 Å². The van der Waals surface area contributed by atoms with Crippen molar-refractivity contribution in [3.05, 3.63) is 59.7 Å². The number of ether oxygens (including phenoxy) is 1. The van der Waals surface area contributed by atoms with E-state index in [0.29, 0.717) is 12.2 Å². The van der Waals surface area contributed by atoms with Crippen molar-refractivity contribution in [1.29, 1.82) is 0 Å². The van der Waals surface area contributed by atoms with E-state index in [0.717, 1.165) is 5.56 Å². The first-order valence-corrected chi connectivity index (χ1v) is 11.7. The summed E-state index contributed by atoms with van der Waals surface area (Å²) in [5, 5.41) is 2.98. The molecule has 6 heteroatoms. The largest absolute Gasteiger partial charge is 0.481 e. The van der Waals surface area contributed by atoms with Crippen LogP contribution in [0.1, 0.15) is 58.2 Å². The van der Waals surface area contributed by atoms with Crippen LogP contribution in [0, 0.1) is 0 Å². The number of carbonyl (C=O) groups is 1. The van der Waals surface area contributed by atoms with E-state index in [9.17, 15) is 13.2 Å². The van der Waals surface area contributed by atoms with Crippen LogP contribution in [0.2, 0.25) is 0 Å². The van der Waals surface area contributed by atoms with Crippen LogP contribution in [-0.4, -0.2) is 26.7 Å². The van der Waals surface area contributed by atoms with Crippen LogP contribution < -0.4 is 10.1 Å². The lowest BCUT2D eigenvalue weighted by Crippen LogP contribution is -2.38. The van der Waals surface area contributed by atoms with Gasteiger partial charge in [0, 0.05) is 6.26 Å². The molecule has 0 spiro atoms. The number of sulfone groups is 1. The van der Waals surface area contributed by atoms with Gasteiger partial charge in [0.15, 0.2) is 15.9 Å². The van der Waals surface area contributed by atoms with Crippen LogP contribution in [0.25, 0.3) is 0 Å². The zero-order valence-corrected chi connectivity index (χ0v) is 18.8. The van der Waals surface area contributed by atoms with Gasteiger partial charge in [-0.15, -0.1) is 0 Å². The quantitative estimate of drug-likeness (QED) is 0.724. The van der Waals surface area contributed by atoms with Gasteiger partial charge in [-0.25, -0.2) is 8.42 Å². The molecule has 2 aromatic carbocycles. The van der Waals surface area contributed by atoms with Crippen molar-refractivity contribution in [3.63, 3.8) is 0 Å². The SMILES string of the molecule is CC[C@@H](NC(=O)[C@H](C)Oc1ccc(C(C)(C)C)cc1)c1ccc(S(C)(=O)=O)cc1. The minimum Gasteiger partial charge on any atom is -0.481 e. The highest BCUT2D eigenvalue weighted by atomic mass is 32.2. The molecule has 0 aliphatic carbocycles. The van der Waals surface area contributed by atoms with E-state index in [1.807, 2.05) is 31.2 Å². The molecule has 0 saturated carbocycles. The predicted octanol–water partition coefficient (Wildman–Crippen LogP) is 4.42. The molecule has 0 heterocycles. The number of benzene rings is 2. The molecular formula is C23H31NO4S. The summed E-state index contributed by atoms with van der Waals surface area (Å²) in [6.07, 6.45) is 1.20. The summed E-state index contributed by atoms with van der Waals surface area (Å²) in [7, 11) is -3.24. The highest BCUT2D eigenvalue weighted by Crippen LogP contribution is 2.25. The van der Waals surface area contributed by atoms with Crippen molar-refractivity contribution >= 4 is 15.7 Å². The number of carbonyl (C=O) groups excluding carboxylic acids is 1. The maximum Gasteiger partial charge on any atom is 0.261 e. The summed E-state index contributed by atoms with van der Waals surface area (Å²) in [6, 6.07) is 14.2. The summed E-state index contributed by atoms with van der Waals surface area (Å²) in [4.78, 5) is 12.9. The predicted molar refractivity (Wildman–Crippen MR) is 116 cm³/mol. The van der Waals surface area contributed by atoms with Crippen LogP contribution in [0.15, 0.2) is 53.4 Å². The lowest BCUT2D eigenvalue weighted by molar-refractivity contribution is -0.128. The Bertz CT molecular complexity index is 926. The first kappa shape index (κ1) is 22.9. The normalized spacial score (nSPS) is 14.1. The summed E-state index contributed by atoms with van der Waals surface area (Å²) in [5.74, 6) is 0.426. The van der Waals surface area contributed by atoms with Crippen molar-refractivity contribution in [2.45, 2.75) is 63.5 Å². The summed E-state index contributed by atoms with van der Waals surface area (Å²) in [6.45, 7) is 10.1. The molecule has 0 saturated heterocycles. The first-order valence-electron chi connectivity index (χ1n) is 9.79. The van der Waals surface area contributed by atoms with Crippen LogP contribution in [0.5, 0.6) is 5.75 Å². The minimum atomic E-state index is -3.24. The number of hydrogen-bond donors (Lipinski definition) is 1. The van der Waals surface area contributed by atoms with Crippen LogP contribution in [0.4, 0.5) is 0 Å². The highest BCUT2D eigenvalue weighted by Gasteiger charge is 2.20. The molecule has 0 fully saturated rings. The Morgan fingerprint density at radius 1 is 1.03 bits per heavy atom. The third-order valence-electron chi connectivity index (χ3n) is 4.84. The van der Waals surface area contributed by atoms with Gasteiger partial charge >= 0.3 is 0 Å².